The Balaban J connectivity index is 1.24. The first-order valence-corrected chi connectivity index (χ1v) is 26.3. The first-order valence-electron chi connectivity index (χ1n) is 26.3. The second-order valence-electron chi connectivity index (χ2n) is 25.9. The maximum absolute atomic E-state index is 2.76. The number of para-hydroxylation sites is 1. The summed E-state index contributed by atoms with van der Waals surface area (Å²) >= 11 is 0. The zero-order valence-electron chi connectivity index (χ0n) is 44.6. The van der Waals surface area contributed by atoms with E-state index in [1.165, 1.54) is 120 Å². The predicted octanol–water partition coefficient (Wildman–Crippen LogP) is 16.4. The predicted molar refractivity (Wildman–Crippen MR) is 304 cm³/mol. The third-order valence-electron chi connectivity index (χ3n) is 17.2. The molecule has 0 saturated heterocycles. The Bertz CT molecular complexity index is 3190. The molecule has 0 spiro atoms. The van der Waals surface area contributed by atoms with Gasteiger partial charge in [0.2, 0.25) is 0 Å². The van der Waals surface area contributed by atoms with E-state index < -0.39 is 0 Å². The van der Waals surface area contributed by atoms with Gasteiger partial charge in [-0.1, -0.05) is 188 Å². The molecular formula is C66H74BN3. The van der Waals surface area contributed by atoms with E-state index in [2.05, 4.69) is 257 Å². The highest BCUT2D eigenvalue weighted by Crippen LogP contribution is 2.61. The molecule has 7 aromatic rings. The Morgan fingerprint density at radius 1 is 0.414 bits per heavy atom. The molecule has 3 heterocycles. The fraction of sp³-hybridized carbons (Fsp3) is 0.364. The van der Waals surface area contributed by atoms with E-state index in [0.29, 0.717) is 0 Å². The number of benzene rings is 7. The molecule has 70 heavy (non-hydrogen) atoms. The molecule has 0 amide bonds. The van der Waals surface area contributed by atoms with E-state index in [0.717, 1.165) is 6.42 Å². The van der Waals surface area contributed by atoms with E-state index >= 15 is 0 Å². The standard InChI is InChI=1S/C66H74BN3/c1-61(2,3)44-26-30-48(31-27-44)68-57-42-49(70-55-25-19-18-24-51(55)65(13)36-20-21-37-66(65,70)14)32-33-52(57)67-53-39-46(63(7,8)9)29-35-56(53)69(59-41-47(64(10,11)12)40-58(68)60(59)67)54-34-28-45(62(4,5)6)38-50(54)43-22-16-15-17-23-43/h15-19,22-35,38-42H,20-21,36-37H2,1-14H3. The molecule has 3 aliphatic heterocycles. The summed E-state index contributed by atoms with van der Waals surface area (Å²) in [6.45, 7) is 33.3. The lowest BCUT2D eigenvalue weighted by Gasteiger charge is -2.50. The van der Waals surface area contributed by atoms with E-state index in [1.807, 2.05) is 0 Å². The number of fused-ring (bicyclic) bond motifs is 7. The molecule has 2 atom stereocenters. The minimum Gasteiger partial charge on any atom is -0.334 e. The zero-order chi connectivity index (χ0) is 49.5. The van der Waals surface area contributed by atoms with Crippen molar-refractivity contribution in [2.24, 2.45) is 0 Å². The van der Waals surface area contributed by atoms with Crippen LogP contribution in [0.25, 0.3) is 11.1 Å². The molecule has 11 rings (SSSR count). The number of rotatable bonds is 4. The summed E-state index contributed by atoms with van der Waals surface area (Å²) < 4.78 is 0. The van der Waals surface area contributed by atoms with Crippen molar-refractivity contribution in [2.75, 3.05) is 14.7 Å². The highest BCUT2D eigenvalue weighted by atomic mass is 15.3. The molecule has 0 aromatic heterocycles. The highest BCUT2D eigenvalue weighted by molar-refractivity contribution is 7.00. The van der Waals surface area contributed by atoms with Crippen LogP contribution >= 0.6 is 0 Å². The Morgan fingerprint density at radius 2 is 0.971 bits per heavy atom. The van der Waals surface area contributed by atoms with Crippen LogP contribution in [0.15, 0.2) is 146 Å². The molecule has 356 valence electrons. The summed E-state index contributed by atoms with van der Waals surface area (Å²) in [5.74, 6) is 0. The van der Waals surface area contributed by atoms with Crippen LogP contribution < -0.4 is 31.1 Å². The van der Waals surface area contributed by atoms with Gasteiger partial charge in [0.1, 0.15) is 0 Å². The Hall–Kier alpha value is -6.00. The van der Waals surface area contributed by atoms with Crippen molar-refractivity contribution < 1.29 is 0 Å². The summed E-state index contributed by atoms with van der Waals surface area (Å²) in [5.41, 5.74) is 23.3. The zero-order valence-corrected chi connectivity index (χ0v) is 44.6. The normalized spacial score (nSPS) is 19.6. The van der Waals surface area contributed by atoms with Crippen molar-refractivity contribution in [2.45, 2.75) is 155 Å². The van der Waals surface area contributed by atoms with Gasteiger partial charge in [-0.3, -0.25) is 0 Å². The quantitative estimate of drug-likeness (QED) is 0.163. The number of anilines is 8. The van der Waals surface area contributed by atoms with Crippen molar-refractivity contribution in [3.05, 3.63) is 173 Å². The van der Waals surface area contributed by atoms with Gasteiger partial charge in [0, 0.05) is 50.8 Å². The largest absolute Gasteiger partial charge is 0.334 e. The molecule has 0 radical (unpaired) electrons. The molecule has 0 N–H and O–H groups in total. The topological polar surface area (TPSA) is 9.72 Å². The molecule has 1 aliphatic carbocycles. The SMILES string of the molecule is CC(C)(C)c1ccc(N2c3cc(N4c5ccccc5C5(C)CCCCC45C)ccc3B3c4cc(C(C)(C)C)ccc4N(c4ccc(C(C)(C)C)cc4-c4ccccc4)c4cc(C(C)(C)C)cc2c43)cc1. The molecule has 4 aliphatic rings. The average Bonchev–Trinajstić information content (AvgIpc) is 3.53. The van der Waals surface area contributed by atoms with Gasteiger partial charge < -0.3 is 14.7 Å². The molecule has 1 fully saturated rings. The second kappa shape index (κ2) is 15.8. The molecule has 2 unspecified atom stereocenters. The second-order valence-corrected chi connectivity index (χ2v) is 25.9. The van der Waals surface area contributed by atoms with Crippen LogP contribution in [-0.4, -0.2) is 12.3 Å². The third-order valence-corrected chi connectivity index (χ3v) is 17.2. The fourth-order valence-electron chi connectivity index (χ4n) is 12.8. The lowest BCUT2D eigenvalue weighted by atomic mass is 9.33. The van der Waals surface area contributed by atoms with Gasteiger partial charge in [-0.25, -0.2) is 0 Å². The number of hydrogen-bond donors (Lipinski definition) is 0. The van der Waals surface area contributed by atoms with Gasteiger partial charge in [0.25, 0.3) is 6.71 Å². The molecule has 7 aromatic carbocycles. The van der Waals surface area contributed by atoms with Crippen LogP contribution in [0.2, 0.25) is 0 Å². The maximum atomic E-state index is 2.76. The summed E-state index contributed by atoms with van der Waals surface area (Å²) in [5, 5.41) is 0. The highest BCUT2D eigenvalue weighted by Gasteiger charge is 2.58. The van der Waals surface area contributed by atoms with Gasteiger partial charge in [-0.05, 0) is 152 Å². The average molecular weight is 920 g/mol. The van der Waals surface area contributed by atoms with Gasteiger partial charge >= 0.3 is 0 Å². The van der Waals surface area contributed by atoms with Crippen LogP contribution in [0.3, 0.4) is 0 Å². The molecular weight excluding hydrogens is 846 g/mol. The van der Waals surface area contributed by atoms with Gasteiger partial charge in [-0.2, -0.15) is 0 Å². The first-order chi connectivity index (χ1) is 33.0. The van der Waals surface area contributed by atoms with Crippen LogP contribution in [0.5, 0.6) is 0 Å². The van der Waals surface area contributed by atoms with Gasteiger partial charge in [-0.15, -0.1) is 0 Å². The molecule has 3 nitrogen and oxygen atoms in total. The van der Waals surface area contributed by atoms with Crippen molar-refractivity contribution >= 4 is 68.6 Å². The molecule has 0 bridgehead atoms. The van der Waals surface area contributed by atoms with Crippen molar-refractivity contribution in [1.29, 1.82) is 0 Å². The van der Waals surface area contributed by atoms with Gasteiger partial charge in [0.05, 0.1) is 11.2 Å². The van der Waals surface area contributed by atoms with Crippen LogP contribution in [-0.2, 0) is 27.1 Å². The fourth-order valence-corrected chi connectivity index (χ4v) is 12.8. The monoisotopic (exact) mass is 920 g/mol. The summed E-state index contributed by atoms with van der Waals surface area (Å²) in [6.07, 6.45) is 4.89. The number of nitrogens with zero attached hydrogens (tertiary/aromatic N) is 3. The smallest absolute Gasteiger partial charge is 0.252 e. The van der Waals surface area contributed by atoms with E-state index in [1.54, 1.807) is 0 Å². The summed E-state index contributed by atoms with van der Waals surface area (Å²) in [4.78, 5) is 8.06. The maximum Gasteiger partial charge on any atom is 0.252 e. The lowest BCUT2D eigenvalue weighted by molar-refractivity contribution is 0.195. The van der Waals surface area contributed by atoms with E-state index in [-0.39, 0.29) is 39.3 Å². The summed E-state index contributed by atoms with van der Waals surface area (Å²) in [6, 6.07) is 57.3. The van der Waals surface area contributed by atoms with E-state index in [9.17, 15) is 0 Å². The molecule has 4 heteroatoms. The minimum atomic E-state index is -0.134. The Labute approximate surface area is 421 Å². The Morgan fingerprint density at radius 3 is 1.63 bits per heavy atom. The van der Waals surface area contributed by atoms with Crippen LogP contribution in [0, 0.1) is 0 Å². The lowest BCUT2D eigenvalue weighted by Crippen LogP contribution is -2.61. The van der Waals surface area contributed by atoms with E-state index in [4.69, 9.17) is 0 Å². The molecule has 1 saturated carbocycles. The van der Waals surface area contributed by atoms with Crippen LogP contribution in [0.4, 0.5) is 45.5 Å². The van der Waals surface area contributed by atoms with Crippen molar-refractivity contribution in [3.63, 3.8) is 0 Å². The Kier molecular flexibility index (Phi) is 10.4. The summed E-state index contributed by atoms with van der Waals surface area (Å²) in [7, 11) is 0. The van der Waals surface area contributed by atoms with Crippen molar-refractivity contribution in [3.8, 4) is 11.1 Å². The van der Waals surface area contributed by atoms with Gasteiger partial charge in [0.15, 0.2) is 0 Å². The number of hydrogen-bond acceptors (Lipinski definition) is 3. The minimum absolute atomic E-state index is 0.00265. The van der Waals surface area contributed by atoms with Crippen molar-refractivity contribution in [1.82, 2.24) is 0 Å². The van der Waals surface area contributed by atoms with Crippen LogP contribution in [0.1, 0.15) is 150 Å². The first kappa shape index (κ1) is 46.4. The third kappa shape index (κ3) is 7.12.